The standard InChI is InChI=1S/C5H2N2O2S/c8-5-9-3-4(10-5)7-2-1-6-3/h1-2H. The highest BCUT2D eigenvalue weighted by Gasteiger charge is 2.00. The van der Waals surface area contributed by atoms with Crippen LogP contribution in [0.2, 0.25) is 0 Å². The molecule has 0 N–H and O–H groups in total. The minimum atomic E-state index is -0.360. The van der Waals surface area contributed by atoms with Gasteiger partial charge in [0.15, 0.2) is 4.83 Å². The van der Waals surface area contributed by atoms with Crippen LogP contribution in [0.3, 0.4) is 0 Å². The van der Waals surface area contributed by atoms with Gasteiger partial charge in [0, 0.05) is 12.4 Å². The average Bonchev–Trinajstić information content (AvgIpc) is 2.27. The minimum absolute atomic E-state index is 0.317. The van der Waals surface area contributed by atoms with E-state index >= 15 is 0 Å². The third-order valence-electron chi connectivity index (χ3n) is 0.993. The van der Waals surface area contributed by atoms with Crippen LogP contribution in [0, 0.1) is 0 Å². The second-order valence-corrected chi connectivity index (χ2v) is 2.54. The molecular weight excluding hydrogens is 152 g/mol. The SMILES string of the molecule is O=c1oc2nccnc2s1. The molecule has 50 valence electrons. The van der Waals surface area contributed by atoms with Crippen LogP contribution in [0.5, 0.6) is 0 Å². The molecule has 0 aromatic carbocycles. The molecule has 2 aromatic heterocycles. The number of hydrogen-bond donors (Lipinski definition) is 0. The number of nitrogens with zero attached hydrogens (tertiary/aromatic N) is 2. The van der Waals surface area contributed by atoms with Gasteiger partial charge in [0.25, 0.3) is 5.71 Å². The van der Waals surface area contributed by atoms with Crippen molar-refractivity contribution in [2.24, 2.45) is 0 Å². The van der Waals surface area contributed by atoms with Crippen LogP contribution < -0.4 is 4.94 Å². The Morgan fingerprint density at radius 3 is 3.00 bits per heavy atom. The first-order valence-corrected chi connectivity index (χ1v) is 3.38. The maximum atomic E-state index is 10.6. The summed E-state index contributed by atoms with van der Waals surface area (Å²) < 4.78 is 4.66. The lowest BCUT2D eigenvalue weighted by Gasteiger charge is -1.78. The van der Waals surface area contributed by atoms with Gasteiger partial charge >= 0.3 is 4.94 Å². The zero-order chi connectivity index (χ0) is 6.97. The van der Waals surface area contributed by atoms with Gasteiger partial charge in [0.2, 0.25) is 0 Å². The zero-order valence-corrected chi connectivity index (χ0v) is 5.59. The molecule has 0 atom stereocenters. The quantitative estimate of drug-likeness (QED) is 0.558. The highest BCUT2D eigenvalue weighted by Crippen LogP contribution is 2.08. The van der Waals surface area contributed by atoms with E-state index in [-0.39, 0.29) is 4.94 Å². The molecule has 0 fully saturated rings. The third kappa shape index (κ3) is 0.714. The fourth-order valence-corrected chi connectivity index (χ4v) is 1.20. The van der Waals surface area contributed by atoms with Crippen molar-refractivity contribution in [2.75, 3.05) is 0 Å². The van der Waals surface area contributed by atoms with E-state index in [1.807, 2.05) is 0 Å². The Morgan fingerprint density at radius 1 is 1.40 bits per heavy atom. The Morgan fingerprint density at radius 2 is 2.20 bits per heavy atom. The molecule has 0 spiro atoms. The van der Waals surface area contributed by atoms with Crippen molar-refractivity contribution < 1.29 is 4.42 Å². The summed E-state index contributed by atoms with van der Waals surface area (Å²) >= 11 is 0.956. The first kappa shape index (κ1) is 5.55. The maximum absolute atomic E-state index is 10.6. The molecule has 4 nitrogen and oxygen atoms in total. The van der Waals surface area contributed by atoms with Gasteiger partial charge in [-0.15, -0.1) is 0 Å². The van der Waals surface area contributed by atoms with Gasteiger partial charge in [-0.1, -0.05) is 0 Å². The average molecular weight is 154 g/mol. The van der Waals surface area contributed by atoms with E-state index in [0.29, 0.717) is 10.5 Å². The van der Waals surface area contributed by atoms with Crippen molar-refractivity contribution in [3.8, 4) is 0 Å². The molecule has 0 saturated heterocycles. The van der Waals surface area contributed by atoms with Crippen molar-refractivity contribution in [2.45, 2.75) is 0 Å². The summed E-state index contributed by atoms with van der Waals surface area (Å²) in [7, 11) is 0. The van der Waals surface area contributed by atoms with Crippen molar-refractivity contribution in [1.29, 1.82) is 0 Å². The molecule has 0 saturated carbocycles. The molecule has 10 heavy (non-hydrogen) atoms. The first-order valence-electron chi connectivity index (χ1n) is 2.57. The number of hydrogen-bond acceptors (Lipinski definition) is 5. The smallest absolute Gasteiger partial charge is 0.393 e. The van der Waals surface area contributed by atoms with Crippen LogP contribution in [-0.2, 0) is 0 Å². The molecule has 2 heterocycles. The summed E-state index contributed by atoms with van der Waals surface area (Å²) in [4.78, 5) is 18.4. The highest BCUT2D eigenvalue weighted by atomic mass is 32.1. The van der Waals surface area contributed by atoms with Crippen molar-refractivity contribution in [3.05, 3.63) is 22.1 Å². The molecule has 0 aliphatic carbocycles. The van der Waals surface area contributed by atoms with Crippen LogP contribution in [0.4, 0.5) is 0 Å². The second kappa shape index (κ2) is 1.88. The summed E-state index contributed by atoms with van der Waals surface area (Å²) in [5, 5.41) is 0. The molecule has 0 aliphatic rings. The van der Waals surface area contributed by atoms with Gasteiger partial charge in [-0.25, -0.2) is 14.8 Å². The van der Waals surface area contributed by atoms with Crippen molar-refractivity contribution >= 4 is 21.9 Å². The molecule has 2 rings (SSSR count). The first-order chi connectivity index (χ1) is 4.86. The molecule has 0 radical (unpaired) electrons. The van der Waals surface area contributed by atoms with E-state index < -0.39 is 0 Å². The second-order valence-electron chi connectivity index (χ2n) is 1.62. The third-order valence-corrected chi connectivity index (χ3v) is 1.72. The lowest BCUT2D eigenvalue weighted by Crippen LogP contribution is -1.79. The van der Waals surface area contributed by atoms with Crippen molar-refractivity contribution in [3.63, 3.8) is 0 Å². The Bertz CT molecular complexity index is 369. The van der Waals surface area contributed by atoms with E-state index in [1.54, 1.807) is 0 Å². The molecule has 0 aliphatic heterocycles. The van der Waals surface area contributed by atoms with Gasteiger partial charge in [-0.2, -0.15) is 0 Å². The Labute approximate surface area is 59.2 Å². The molecule has 0 bridgehead atoms. The summed E-state index contributed by atoms with van der Waals surface area (Å²) in [6.07, 6.45) is 3.01. The maximum Gasteiger partial charge on any atom is 0.399 e. The van der Waals surface area contributed by atoms with Gasteiger partial charge in [-0.3, -0.25) is 0 Å². The van der Waals surface area contributed by atoms with Crippen LogP contribution >= 0.6 is 11.3 Å². The summed E-state index contributed by atoms with van der Waals surface area (Å²) in [5.41, 5.74) is 0.317. The fraction of sp³-hybridized carbons (Fsp3) is 0. The van der Waals surface area contributed by atoms with Gasteiger partial charge < -0.3 is 4.42 Å². The molecule has 0 unspecified atom stereocenters. The van der Waals surface area contributed by atoms with E-state index in [2.05, 4.69) is 14.4 Å². The van der Waals surface area contributed by atoms with Crippen LogP contribution in [0.1, 0.15) is 0 Å². The lowest BCUT2D eigenvalue weighted by atomic mass is 10.7. The summed E-state index contributed by atoms with van der Waals surface area (Å²) in [6.45, 7) is 0. The predicted molar refractivity (Wildman–Crippen MR) is 36.0 cm³/mol. The molecule has 5 heteroatoms. The number of aromatic nitrogens is 2. The monoisotopic (exact) mass is 154 g/mol. The van der Waals surface area contributed by atoms with E-state index in [4.69, 9.17) is 0 Å². The molecular formula is C5H2N2O2S. The van der Waals surface area contributed by atoms with E-state index in [0.717, 1.165) is 11.3 Å². The number of rotatable bonds is 0. The molecule has 0 amide bonds. The fourth-order valence-electron chi connectivity index (χ4n) is 0.631. The largest absolute Gasteiger partial charge is 0.399 e. The highest BCUT2D eigenvalue weighted by molar-refractivity contribution is 7.15. The van der Waals surface area contributed by atoms with Crippen molar-refractivity contribution in [1.82, 2.24) is 9.97 Å². The van der Waals surface area contributed by atoms with Crippen LogP contribution in [-0.4, -0.2) is 9.97 Å². The summed E-state index contributed by atoms with van der Waals surface area (Å²) in [5.74, 6) is 0. The van der Waals surface area contributed by atoms with E-state index in [1.165, 1.54) is 12.4 Å². The molecule has 2 aromatic rings. The van der Waals surface area contributed by atoms with Crippen LogP contribution in [0.25, 0.3) is 10.5 Å². The Hall–Kier alpha value is -1.23. The summed E-state index contributed by atoms with van der Waals surface area (Å²) in [6, 6.07) is 0. The number of fused-ring (bicyclic) bond motifs is 1. The van der Waals surface area contributed by atoms with Gasteiger partial charge in [-0.05, 0) is 11.3 Å². The van der Waals surface area contributed by atoms with Crippen LogP contribution in [0.15, 0.2) is 21.6 Å². The Kier molecular flexibility index (Phi) is 1.04. The normalized spacial score (nSPS) is 10.4. The van der Waals surface area contributed by atoms with Gasteiger partial charge in [0.05, 0.1) is 0 Å². The Balaban J connectivity index is 3.01. The van der Waals surface area contributed by atoms with E-state index in [9.17, 15) is 4.79 Å². The predicted octanol–water partition coefficient (Wildman–Crippen LogP) is 0.644. The van der Waals surface area contributed by atoms with Gasteiger partial charge in [0.1, 0.15) is 0 Å². The zero-order valence-electron chi connectivity index (χ0n) is 4.77. The minimum Gasteiger partial charge on any atom is -0.393 e. The lowest BCUT2D eigenvalue weighted by molar-refractivity contribution is 0.573. The topological polar surface area (TPSA) is 56.0 Å².